The predicted octanol–water partition coefficient (Wildman–Crippen LogP) is 2.63. The molecule has 0 bridgehead atoms. The summed E-state index contributed by atoms with van der Waals surface area (Å²) in [6.45, 7) is 4.71. The number of aryl methyl sites for hydroxylation is 1. The number of hydrogen-bond acceptors (Lipinski definition) is 4. The molecule has 0 radical (unpaired) electrons. The van der Waals surface area contributed by atoms with Crippen LogP contribution in [0.15, 0.2) is 41.1 Å². The lowest BCUT2D eigenvalue weighted by molar-refractivity contribution is 0.0918. The van der Waals surface area contributed by atoms with Gasteiger partial charge in [0.1, 0.15) is 0 Å². The minimum Gasteiger partial charge on any atom is -0.459 e. The van der Waals surface area contributed by atoms with Crippen LogP contribution in [-0.2, 0) is 0 Å². The van der Waals surface area contributed by atoms with E-state index in [1.807, 2.05) is 13.1 Å². The summed E-state index contributed by atoms with van der Waals surface area (Å²) in [7, 11) is 0. The van der Waals surface area contributed by atoms with Crippen LogP contribution in [0.1, 0.15) is 29.1 Å². The van der Waals surface area contributed by atoms with E-state index in [1.54, 1.807) is 12.1 Å². The van der Waals surface area contributed by atoms with Crippen LogP contribution < -0.4 is 10.2 Å². The number of hydrogen-bond donors (Lipinski definition) is 1. The number of nitrogens with one attached hydrogen (secondary N) is 1. The van der Waals surface area contributed by atoms with E-state index in [-0.39, 0.29) is 5.91 Å². The lowest BCUT2D eigenvalue weighted by atomic mass is 9.97. The van der Waals surface area contributed by atoms with Gasteiger partial charge in [-0.05, 0) is 49.9 Å². The number of piperidine rings is 1. The van der Waals surface area contributed by atoms with Gasteiger partial charge in [0.2, 0.25) is 0 Å². The van der Waals surface area contributed by atoms with E-state index in [9.17, 15) is 4.79 Å². The van der Waals surface area contributed by atoms with Gasteiger partial charge in [-0.1, -0.05) is 0 Å². The zero-order valence-electron chi connectivity index (χ0n) is 12.8. The van der Waals surface area contributed by atoms with Crippen molar-refractivity contribution in [2.75, 3.05) is 24.5 Å². The molecule has 0 aromatic carbocycles. The van der Waals surface area contributed by atoms with Crippen molar-refractivity contribution in [1.29, 1.82) is 0 Å². The fourth-order valence-corrected chi connectivity index (χ4v) is 2.93. The van der Waals surface area contributed by atoms with Crippen LogP contribution in [0.2, 0.25) is 0 Å². The minimum atomic E-state index is -0.137. The fraction of sp³-hybridized carbons (Fsp3) is 0.412. The molecule has 2 aromatic heterocycles. The molecule has 1 aliphatic rings. The molecule has 1 saturated heterocycles. The number of pyridine rings is 1. The van der Waals surface area contributed by atoms with Crippen LogP contribution >= 0.6 is 0 Å². The van der Waals surface area contributed by atoms with Gasteiger partial charge in [0, 0.05) is 37.2 Å². The van der Waals surface area contributed by atoms with Gasteiger partial charge in [0.15, 0.2) is 5.76 Å². The van der Waals surface area contributed by atoms with Gasteiger partial charge >= 0.3 is 0 Å². The SMILES string of the molecule is Cc1cc(N2CCCC(CNC(=O)c3ccco3)C2)ccn1. The Morgan fingerprint density at radius 2 is 2.41 bits per heavy atom. The van der Waals surface area contributed by atoms with Gasteiger partial charge in [0.25, 0.3) is 5.91 Å². The summed E-state index contributed by atoms with van der Waals surface area (Å²) in [5, 5.41) is 2.97. The van der Waals surface area contributed by atoms with E-state index in [0.717, 1.165) is 31.6 Å². The van der Waals surface area contributed by atoms with Crippen molar-refractivity contribution in [3.05, 3.63) is 48.2 Å². The molecule has 2 aromatic rings. The van der Waals surface area contributed by atoms with E-state index in [4.69, 9.17) is 4.42 Å². The molecular formula is C17H21N3O2. The molecule has 5 heteroatoms. The number of carbonyl (C=O) groups excluding carboxylic acids is 1. The first-order valence-electron chi connectivity index (χ1n) is 7.71. The Labute approximate surface area is 130 Å². The average molecular weight is 299 g/mol. The predicted molar refractivity (Wildman–Crippen MR) is 85.0 cm³/mol. The Morgan fingerprint density at radius 3 is 3.18 bits per heavy atom. The number of carbonyl (C=O) groups is 1. The van der Waals surface area contributed by atoms with Gasteiger partial charge in [0.05, 0.1) is 6.26 Å². The van der Waals surface area contributed by atoms with E-state index in [0.29, 0.717) is 18.2 Å². The summed E-state index contributed by atoms with van der Waals surface area (Å²) >= 11 is 0. The number of aromatic nitrogens is 1. The molecule has 1 unspecified atom stereocenters. The topological polar surface area (TPSA) is 58.4 Å². The number of anilines is 1. The van der Waals surface area contributed by atoms with Crippen LogP contribution in [0.3, 0.4) is 0 Å². The van der Waals surface area contributed by atoms with Crippen molar-refractivity contribution in [2.24, 2.45) is 5.92 Å². The Morgan fingerprint density at radius 1 is 1.50 bits per heavy atom. The van der Waals surface area contributed by atoms with E-state index < -0.39 is 0 Å². The summed E-state index contributed by atoms with van der Waals surface area (Å²) < 4.78 is 5.11. The first-order chi connectivity index (χ1) is 10.7. The molecule has 3 rings (SSSR count). The quantitative estimate of drug-likeness (QED) is 0.943. The standard InChI is InChI=1S/C17H21N3O2/c1-13-10-15(6-7-18-13)20-8-2-4-14(12-20)11-19-17(21)16-5-3-9-22-16/h3,5-7,9-10,14H,2,4,8,11-12H2,1H3,(H,19,21). The zero-order valence-corrected chi connectivity index (χ0v) is 12.8. The van der Waals surface area contributed by atoms with Gasteiger partial charge in [-0.25, -0.2) is 0 Å². The normalized spacial score (nSPS) is 18.2. The summed E-state index contributed by atoms with van der Waals surface area (Å²) in [5.41, 5.74) is 2.25. The number of amides is 1. The first-order valence-corrected chi connectivity index (χ1v) is 7.71. The zero-order chi connectivity index (χ0) is 15.4. The van der Waals surface area contributed by atoms with Gasteiger partial charge in [-0.15, -0.1) is 0 Å². The van der Waals surface area contributed by atoms with Crippen LogP contribution in [0.25, 0.3) is 0 Å². The third-order valence-corrected chi connectivity index (χ3v) is 4.06. The molecule has 116 valence electrons. The highest BCUT2D eigenvalue weighted by molar-refractivity contribution is 5.91. The highest BCUT2D eigenvalue weighted by Crippen LogP contribution is 2.23. The lowest BCUT2D eigenvalue weighted by Gasteiger charge is -2.34. The molecule has 1 N–H and O–H groups in total. The van der Waals surface area contributed by atoms with E-state index >= 15 is 0 Å². The molecule has 1 aliphatic heterocycles. The molecule has 22 heavy (non-hydrogen) atoms. The molecule has 5 nitrogen and oxygen atoms in total. The van der Waals surface area contributed by atoms with E-state index in [1.165, 1.54) is 12.0 Å². The second-order valence-corrected chi connectivity index (χ2v) is 5.80. The molecule has 0 spiro atoms. The summed E-state index contributed by atoms with van der Waals surface area (Å²) in [5.74, 6) is 0.695. The maximum Gasteiger partial charge on any atom is 0.286 e. The molecule has 1 fully saturated rings. The second kappa shape index (κ2) is 6.64. The maximum absolute atomic E-state index is 11.9. The highest BCUT2D eigenvalue weighted by Gasteiger charge is 2.21. The largest absolute Gasteiger partial charge is 0.459 e. The molecule has 1 atom stereocenters. The highest BCUT2D eigenvalue weighted by atomic mass is 16.3. The van der Waals surface area contributed by atoms with Crippen LogP contribution in [-0.4, -0.2) is 30.5 Å². The smallest absolute Gasteiger partial charge is 0.286 e. The molecule has 1 amide bonds. The fourth-order valence-electron chi connectivity index (χ4n) is 2.93. The van der Waals surface area contributed by atoms with Crippen LogP contribution in [0, 0.1) is 12.8 Å². The number of nitrogens with zero attached hydrogens (tertiary/aromatic N) is 2. The van der Waals surface area contributed by atoms with Crippen molar-refractivity contribution in [1.82, 2.24) is 10.3 Å². The molecule has 3 heterocycles. The Hall–Kier alpha value is -2.30. The van der Waals surface area contributed by atoms with Crippen LogP contribution in [0.4, 0.5) is 5.69 Å². The Bertz CT molecular complexity index is 625. The first kappa shape index (κ1) is 14.6. The van der Waals surface area contributed by atoms with Crippen molar-refractivity contribution in [2.45, 2.75) is 19.8 Å². The second-order valence-electron chi connectivity index (χ2n) is 5.80. The van der Waals surface area contributed by atoms with Gasteiger partial charge < -0.3 is 14.6 Å². The van der Waals surface area contributed by atoms with Gasteiger partial charge in [-0.3, -0.25) is 9.78 Å². The minimum absolute atomic E-state index is 0.137. The third kappa shape index (κ3) is 3.47. The summed E-state index contributed by atoms with van der Waals surface area (Å²) in [6.07, 6.45) is 5.65. The van der Waals surface area contributed by atoms with Crippen molar-refractivity contribution >= 4 is 11.6 Å². The average Bonchev–Trinajstić information content (AvgIpc) is 3.07. The number of furan rings is 1. The summed E-state index contributed by atoms with van der Waals surface area (Å²) in [4.78, 5) is 18.5. The van der Waals surface area contributed by atoms with Crippen molar-refractivity contribution < 1.29 is 9.21 Å². The van der Waals surface area contributed by atoms with E-state index in [2.05, 4.69) is 27.3 Å². The summed E-state index contributed by atoms with van der Waals surface area (Å²) in [6, 6.07) is 7.58. The van der Waals surface area contributed by atoms with Crippen molar-refractivity contribution in [3.8, 4) is 0 Å². The number of rotatable bonds is 4. The van der Waals surface area contributed by atoms with Crippen molar-refractivity contribution in [3.63, 3.8) is 0 Å². The monoisotopic (exact) mass is 299 g/mol. The molecular weight excluding hydrogens is 278 g/mol. The molecule has 0 saturated carbocycles. The van der Waals surface area contributed by atoms with Crippen LogP contribution in [0.5, 0.6) is 0 Å². The maximum atomic E-state index is 11.9. The molecule has 0 aliphatic carbocycles. The van der Waals surface area contributed by atoms with Gasteiger partial charge in [-0.2, -0.15) is 0 Å². The Balaban J connectivity index is 1.56. The third-order valence-electron chi connectivity index (χ3n) is 4.06. The lowest BCUT2D eigenvalue weighted by Crippen LogP contribution is -2.41. The Kier molecular flexibility index (Phi) is 4.42.